The first-order chi connectivity index (χ1) is 8.86. The Morgan fingerprint density at radius 2 is 2.17 bits per heavy atom. The number of fused-ring (bicyclic) bond motifs is 1. The van der Waals surface area contributed by atoms with Crippen LogP contribution in [-0.4, -0.2) is 12.6 Å². The van der Waals surface area contributed by atoms with Gasteiger partial charge >= 0.3 is 0 Å². The van der Waals surface area contributed by atoms with Gasteiger partial charge < -0.3 is 5.32 Å². The summed E-state index contributed by atoms with van der Waals surface area (Å²) in [6.45, 7) is 3.47. The summed E-state index contributed by atoms with van der Waals surface area (Å²) < 4.78 is 0. The molecule has 100 valence electrons. The van der Waals surface area contributed by atoms with Gasteiger partial charge in [-0.15, -0.1) is 11.3 Å². The van der Waals surface area contributed by atoms with Crippen molar-refractivity contribution in [3.63, 3.8) is 0 Å². The Labute approximate surface area is 115 Å². The van der Waals surface area contributed by atoms with E-state index in [0.717, 1.165) is 23.8 Å². The summed E-state index contributed by atoms with van der Waals surface area (Å²) in [6.07, 6.45) is 8.43. The van der Waals surface area contributed by atoms with Gasteiger partial charge in [-0.3, -0.25) is 0 Å². The zero-order chi connectivity index (χ0) is 12.4. The summed E-state index contributed by atoms with van der Waals surface area (Å²) in [5.41, 5.74) is 0. The Kier molecular flexibility index (Phi) is 4.05. The first-order valence-corrected chi connectivity index (χ1v) is 8.50. The molecule has 0 radical (unpaired) electrons. The topological polar surface area (TPSA) is 12.0 Å². The minimum absolute atomic E-state index is 0.778. The Morgan fingerprint density at radius 1 is 1.33 bits per heavy atom. The van der Waals surface area contributed by atoms with Gasteiger partial charge in [-0.25, -0.2) is 0 Å². The summed E-state index contributed by atoms with van der Waals surface area (Å²) >= 11 is 1.91. The maximum atomic E-state index is 3.82. The van der Waals surface area contributed by atoms with Crippen LogP contribution in [0.4, 0.5) is 0 Å². The molecule has 0 bridgehead atoms. The van der Waals surface area contributed by atoms with Crippen LogP contribution in [-0.2, 0) is 6.42 Å². The first-order valence-electron chi connectivity index (χ1n) is 7.62. The van der Waals surface area contributed by atoms with Gasteiger partial charge in [0.25, 0.3) is 0 Å². The van der Waals surface area contributed by atoms with Crippen molar-refractivity contribution < 1.29 is 0 Å². The molecule has 1 heterocycles. The fraction of sp³-hybridized carbons (Fsp3) is 0.750. The van der Waals surface area contributed by atoms with Crippen molar-refractivity contribution in [2.24, 2.45) is 17.8 Å². The Hall–Kier alpha value is -0.340. The fourth-order valence-corrected chi connectivity index (χ4v) is 4.40. The average molecular weight is 263 g/mol. The van der Waals surface area contributed by atoms with Crippen molar-refractivity contribution in [1.29, 1.82) is 0 Å². The van der Waals surface area contributed by atoms with Gasteiger partial charge in [0.05, 0.1) is 0 Å². The quantitative estimate of drug-likeness (QED) is 0.781. The lowest BCUT2D eigenvalue weighted by Crippen LogP contribution is -2.36. The summed E-state index contributed by atoms with van der Waals surface area (Å²) in [6, 6.07) is 5.24. The Balaban J connectivity index is 1.51. The molecule has 1 aromatic heterocycles. The van der Waals surface area contributed by atoms with Gasteiger partial charge in [0.1, 0.15) is 0 Å². The van der Waals surface area contributed by atoms with Gasteiger partial charge in [-0.2, -0.15) is 0 Å². The molecule has 0 spiro atoms. The lowest BCUT2D eigenvalue weighted by Gasteiger charge is -2.26. The highest BCUT2D eigenvalue weighted by Gasteiger charge is 2.47. The van der Waals surface area contributed by atoms with E-state index in [4.69, 9.17) is 0 Å². The van der Waals surface area contributed by atoms with E-state index in [0.29, 0.717) is 0 Å². The first kappa shape index (κ1) is 12.7. The number of rotatable bonds is 7. The Morgan fingerprint density at radius 3 is 2.83 bits per heavy atom. The predicted octanol–water partition coefficient (Wildman–Crippen LogP) is 4.10. The molecule has 3 atom stereocenters. The molecule has 0 aliphatic heterocycles. The van der Waals surface area contributed by atoms with E-state index in [1.165, 1.54) is 38.6 Å². The molecular formula is C16H25NS. The Bertz CT molecular complexity index is 349. The lowest BCUT2D eigenvalue weighted by atomic mass is 9.91. The second-order valence-electron chi connectivity index (χ2n) is 6.17. The molecule has 2 heteroatoms. The van der Waals surface area contributed by atoms with Gasteiger partial charge in [0, 0.05) is 10.9 Å². The normalized spacial score (nSPS) is 31.3. The number of nitrogens with one attached hydrogen (secondary N) is 1. The van der Waals surface area contributed by atoms with Crippen LogP contribution in [0.5, 0.6) is 0 Å². The van der Waals surface area contributed by atoms with Crippen molar-refractivity contribution in [2.45, 2.75) is 51.5 Å². The number of aryl methyl sites for hydroxylation is 1. The van der Waals surface area contributed by atoms with E-state index < -0.39 is 0 Å². The van der Waals surface area contributed by atoms with Gasteiger partial charge in [0.15, 0.2) is 0 Å². The monoisotopic (exact) mass is 263 g/mol. The highest BCUT2D eigenvalue weighted by Crippen LogP contribution is 2.55. The van der Waals surface area contributed by atoms with Crippen LogP contribution in [0.15, 0.2) is 17.5 Å². The molecule has 3 rings (SSSR count). The van der Waals surface area contributed by atoms with Gasteiger partial charge in [-0.05, 0) is 74.3 Å². The summed E-state index contributed by atoms with van der Waals surface area (Å²) in [5, 5.41) is 6.02. The van der Waals surface area contributed by atoms with E-state index >= 15 is 0 Å². The van der Waals surface area contributed by atoms with Crippen LogP contribution < -0.4 is 5.32 Å². The third kappa shape index (κ3) is 2.97. The van der Waals surface area contributed by atoms with E-state index in [1.807, 2.05) is 11.3 Å². The number of hydrogen-bond donors (Lipinski definition) is 1. The van der Waals surface area contributed by atoms with E-state index in [2.05, 4.69) is 29.8 Å². The molecular weight excluding hydrogens is 238 g/mol. The van der Waals surface area contributed by atoms with E-state index in [-0.39, 0.29) is 0 Å². The van der Waals surface area contributed by atoms with Crippen molar-refractivity contribution in [3.8, 4) is 0 Å². The second kappa shape index (κ2) is 5.75. The maximum absolute atomic E-state index is 3.82. The van der Waals surface area contributed by atoms with Crippen molar-refractivity contribution in [3.05, 3.63) is 22.4 Å². The fourth-order valence-electron chi connectivity index (χ4n) is 3.68. The molecule has 0 aromatic carbocycles. The third-order valence-electron chi connectivity index (χ3n) is 4.79. The van der Waals surface area contributed by atoms with Gasteiger partial charge in [0.2, 0.25) is 0 Å². The van der Waals surface area contributed by atoms with E-state index in [1.54, 1.807) is 11.3 Å². The predicted molar refractivity (Wildman–Crippen MR) is 79.0 cm³/mol. The summed E-state index contributed by atoms with van der Waals surface area (Å²) in [7, 11) is 0. The zero-order valence-electron chi connectivity index (χ0n) is 11.4. The highest BCUT2D eigenvalue weighted by atomic mass is 32.1. The molecule has 3 unspecified atom stereocenters. The molecule has 1 nitrogen and oxygen atoms in total. The smallest absolute Gasteiger partial charge is 0.00989 e. The molecule has 2 fully saturated rings. The average Bonchev–Trinajstić information content (AvgIpc) is 2.85. The van der Waals surface area contributed by atoms with Crippen LogP contribution in [0.2, 0.25) is 0 Å². The summed E-state index contributed by atoms with van der Waals surface area (Å²) in [4.78, 5) is 1.56. The summed E-state index contributed by atoms with van der Waals surface area (Å²) in [5.74, 6) is 3.20. The maximum Gasteiger partial charge on any atom is 0.00989 e. The van der Waals surface area contributed by atoms with Crippen LogP contribution in [0.1, 0.15) is 43.9 Å². The van der Waals surface area contributed by atoms with Crippen LogP contribution in [0.25, 0.3) is 0 Å². The SMILES string of the molecule is CCCNC(CCc1cccs1)C1CC2CC2C1. The molecule has 0 amide bonds. The molecule has 0 saturated heterocycles. The van der Waals surface area contributed by atoms with Crippen molar-refractivity contribution >= 4 is 11.3 Å². The second-order valence-corrected chi connectivity index (χ2v) is 7.20. The zero-order valence-corrected chi connectivity index (χ0v) is 12.2. The minimum Gasteiger partial charge on any atom is -0.314 e. The van der Waals surface area contributed by atoms with Crippen LogP contribution >= 0.6 is 11.3 Å². The molecule has 2 aliphatic rings. The minimum atomic E-state index is 0.778. The molecule has 1 aromatic rings. The number of thiophene rings is 1. The molecule has 2 saturated carbocycles. The van der Waals surface area contributed by atoms with Crippen LogP contribution in [0.3, 0.4) is 0 Å². The van der Waals surface area contributed by atoms with Crippen molar-refractivity contribution in [1.82, 2.24) is 5.32 Å². The van der Waals surface area contributed by atoms with Crippen LogP contribution in [0, 0.1) is 17.8 Å². The standard InChI is InChI=1S/C16H25NS/c1-2-7-17-16(6-5-15-4-3-8-18-15)14-10-12-9-13(12)11-14/h3-4,8,12-14,16-17H,2,5-7,9-11H2,1H3. The van der Waals surface area contributed by atoms with E-state index in [9.17, 15) is 0 Å². The largest absolute Gasteiger partial charge is 0.314 e. The number of hydrogen-bond acceptors (Lipinski definition) is 2. The molecule has 1 N–H and O–H groups in total. The molecule has 2 aliphatic carbocycles. The molecule has 18 heavy (non-hydrogen) atoms. The highest BCUT2D eigenvalue weighted by molar-refractivity contribution is 7.09. The van der Waals surface area contributed by atoms with Gasteiger partial charge in [-0.1, -0.05) is 13.0 Å². The third-order valence-corrected chi connectivity index (χ3v) is 5.72. The lowest BCUT2D eigenvalue weighted by molar-refractivity contribution is 0.319. The van der Waals surface area contributed by atoms with Crippen molar-refractivity contribution in [2.75, 3.05) is 6.54 Å².